The first-order valence-corrected chi connectivity index (χ1v) is 6.04. The molecule has 0 heterocycles. The molecule has 17 heavy (non-hydrogen) atoms. The summed E-state index contributed by atoms with van der Waals surface area (Å²) in [6, 6.07) is 0. The number of ketones is 1. The van der Waals surface area contributed by atoms with Crippen molar-refractivity contribution in [3.05, 3.63) is 0 Å². The van der Waals surface area contributed by atoms with Crippen LogP contribution in [0.5, 0.6) is 0 Å². The van der Waals surface area contributed by atoms with Crippen molar-refractivity contribution >= 4 is 11.8 Å². The van der Waals surface area contributed by atoms with Crippen LogP contribution >= 0.6 is 0 Å². The molecule has 1 aliphatic rings. The quantitative estimate of drug-likeness (QED) is 0.559. The molecule has 0 N–H and O–H groups in total. The lowest BCUT2D eigenvalue weighted by Crippen LogP contribution is -2.52. The van der Waals surface area contributed by atoms with Crippen molar-refractivity contribution in [3.63, 3.8) is 0 Å². The summed E-state index contributed by atoms with van der Waals surface area (Å²) in [7, 11) is 2.84. The Balaban J connectivity index is 3.04. The fourth-order valence-electron chi connectivity index (χ4n) is 2.59. The standard InChI is InChI=1S/C13H22O4/c1-8(2)9-6-7-13(3,17-5)11(14)10(9)12(15)16-4/h8-10H,6-7H2,1-5H3/t9-,10-,13+/m0/s1. The van der Waals surface area contributed by atoms with E-state index in [0.29, 0.717) is 6.42 Å². The van der Waals surface area contributed by atoms with Gasteiger partial charge >= 0.3 is 5.97 Å². The van der Waals surface area contributed by atoms with Crippen molar-refractivity contribution in [2.24, 2.45) is 17.8 Å². The molecule has 0 spiro atoms. The van der Waals surface area contributed by atoms with E-state index in [1.807, 2.05) is 13.8 Å². The molecule has 4 heteroatoms. The molecular formula is C13H22O4. The highest BCUT2D eigenvalue weighted by atomic mass is 16.5. The molecule has 0 aromatic carbocycles. The van der Waals surface area contributed by atoms with Crippen molar-refractivity contribution in [1.29, 1.82) is 0 Å². The Labute approximate surface area is 103 Å². The predicted molar refractivity (Wildman–Crippen MR) is 63.5 cm³/mol. The number of esters is 1. The Hall–Kier alpha value is -0.900. The lowest BCUT2D eigenvalue weighted by atomic mass is 9.67. The first-order valence-electron chi connectivity index (χ1n) is 6.04. The summed E-state index contributed by atoms with van der Waals surface area (Å²) < 4.78 is 10.0. The molecule has 4 nitrogen and oxygen atoms in total. The van der Waals surface area contributed by atoms with E-state index >= 15 is 0 Å². The lowest BCUT2D eigenvalue weighted by molar-refractivity contribution is -0.166. The first kappa shape index (κ1) is 14.2. The number of carbonyl (C=O) groups excluding carboxylic acids is 2. The van der Waals surface area contributed by atoms with Gasteiger partial charge in [0.25, 0.3) is 0 Å². The van der Waals surface area contributed by atoms with Crippen LogP contribution in [0.3, 0.4) is 0 Å². The average Bonchev–Trinajstić information content (AvgIpc) is 2.31. The summed E-state index contributed by atoms with van der Waals surface area (Å²) in [5, 5.41) is 0. The van der Waals surface area contributed by atoms with Gasteiger partial charge in [-0.2, -0.15) is 0 Å². The molecule has 1 fully saturated rings. The zero-order valence-electron chi connectivity index (χ0n) is 11.3. The van der Waals surface area contributed by atoms with Crippen LogP contribution in [0.25, 0.3) is 0 Å². The predicted octanol–water partition coefficient (Wildman–Crippen LogP) is 1.82. The fraction of sp³-hybridized carbons (Fsp3) is 0.846. The van der Waals surface area contributed by atoms with Crippen molar-refractivity contribution in [3.8, 4) is 0 Å². The van der Waals surface area contributed by atoms with Gasteiger partial charge in [0.1, 0.15) is 11.5 Å². The number of Topliss-reactive ketones (excluding diaryl/α,β-unsaturated/α-hetero) is 1. The highest BCUT2D eigenvalue weighted by Gasteiger charge is 2.50. The van der Waals surface area contributed by atoms with E-state index in [9.17, 15) is 9.59 Å². The molecule has 0 aliphatic heterocycles. The minimum Gasteiger partial charge on any atom is -0.468 e. The van der Waals surface area contributed by atoms with Crippen LogP contribution in [0.4, 0.5) is 0 Å². The van der Waals surface area contributed by atoms with Crippen molar-refractivity contribution in [1.82, 2.24) is 0 Å². The largest absolute Gasteiger partial charge is 0.468 e. The Morgan fingerprint density at radius 2 is 2.00 bits per heavy atom. The van der Waals surface area contributed by atoms with Crippen molar-refractivity contribution < 1.29 is 19.1 Å². The molecule has 98 valence electrons. The van der Waals surface area contributed by atoms with E-state index in [-0.39, 0.29) is 17.6 Å². The van der Waals surface area contributed by atoms with Gasteiger partial charge in [0, 0.05) is 7.11 Å². The van der Waals surface area contributed by atoms with Crippen LogP contribution in [0, 0.1) is 17.8 Å². The molecule has 1 rings (SSSR count). The Kier molecular flexibility index (Phi) is 4.31. The van der Waals surface area contributed by atoms with Gasteiger partial charge in [-0.1, -0.05) is 13.8 Å². The van der Waals surface area contributed by atoms with Gasteiger partial charge in [-0.05, 0) is 31.6 Å². The van der Waals surface area contributed by atoms with Crippen LogP contribution in [-0.4, -0.2) is 31.6 Å². The molecule has 3 atom stereocenters. The van der Waals surface area contributed by atoms with Crippen LogP contribution < -0.4 is 0 Å². The Morgan fingerprint density at radius 1 is 1.41 bits per heavy atom. The number of hydrogen-bond acceptors (Lipinski definition) is 4. The minimum absolute atomic E-state index is 0.0539. The van der Waals surface area contributed by atoms with E-state index in [0.717, 1.165) is 6.42 Å². The van der Waals surface area contributed by atoms with Gasteiger partial charge < -0.3 is 9.47 Å². The summed E-state index contributed by atoms with van der Waals surface area (Å²) in [4.78, 5) is 24.2. The van der Waals surface area contributed by atoms with E-state index < -0.39 is 17.5 Å². The summed E-state index contributed by atoms with van der Waals surface area (Å²) in [6.45, 7) is 5.81. The second kappa shape index (κ2) is 5.17. The third-order valence-corrected chi connectivity index (χ3v) is 3.95. The molecule has 0 radical (unpaired) electrons. The van der Waals surface area contributed by atoms with E-state index in [4.69, 9.17) is 9.47 Å². The lowest BCUT2D eigenvalue weighted by Gasteiger charge is -2.40. The second-order valence-electron chi connectivity index (χ2n) is 5.25. The van der Waals surface area contributed by atoms with Crippen molar-refractivity contribution in [2.75, 3.05) is 14.2 Å². The molecule has 1 aliphatic carbocycles. The number of hydrogen-bond donors (Lipinski definition) is 0. The maximum Gasteiger partial charge on any atom is 0.316 e. The highest BCUT2D eigenvalue weighted by molar-refractivity contribution is 6.04. The van der Waals surface area contributed by atoms with E-state index in [2.05, 4.69) is 0 Å². The van der Waals surface area contributed by atoms with Crippen LogP contribution in [0.2, 0.25) is 0 Å². The molecule has 0 aromatic heterocycles. The summed E-state index contributed by atoms with van der Waals surface area (Å²) in [5.74, 6) is -0.921. The number of ether oxygens (including phenoxy) is 2. The molecule has 0 bridgehead atoms. The average molecular weight is 242 g/mol. The van der Waals surface area contributed by atoms with Gasteiger partial charge in [-0.25, -0.2) is 0 Å². The summed E-state index contributed by atoms with van der Waals surface area (Å²) >= 11 is 0. The number of methoxy groups -OCH3 is 2. The maximum absolute atomic E-state index is 12.4. The van der Waals surface area contributed by atoms with Crippen LogP contribution in [0.1, 0.15) is 33.6 Å². The molecule has 0 aromatic rings. The van der Waals surface area contributed by atoms with Crippen LogP contribution in [-0.2, 0) is 19.1 Å². The monoisotopic (exact) mass is 242 g/mol. The van der Waals surface area contributed by atoms with Gasteiger partial charge in [-0.3, -0.25) is 9.59 Å². The zero-order valence-corrected chi connectivity index (χ0v) is 11.3. The highest BCUT2D eigenvalue weighted by Crippen LogP contribution is 2.39. The SMILES string of the molecule is COC(=O)[C@@H]1C(=O)[C@](C)(OC)CC[C@H]1C(C)C. The topological polar surface area (TPSA) is 52.6 Å². The Morgan fingerprint density at radius 3 is 2.41 bits per heavy atom. The smallest absolute Gasteiger partial charge is 0.316 e. The molecule has 0 unspecified atom stereocenters. The third kappa shape index (κ3) is 2.51. The van der Waals surface area contributed by atoms with Crippen LogP contribution in [0.15, 0.2) is 0 Å². The fourth-order valence-corrected chi connectivity index (χ4v) is 2.59. The zero-order chi connectivity index (χ0) is 13.2. The van der Waals surface area contributed by atoms with Gasteiger partial charge in [0.05, 0.1) is 7.11 Å². The minimum atomic E-state index is -0.843. The Bertz CT molecular complexity index is 311. The van der Waals surface area contributed by atoms with E-state index in [1.54, 1.807) is 6.92 Å². The third-order valence-electron chi connectivity index (χ3n) is 3.95. The second-order valence-corrected chi connectivity index (χ2v) is 5.25. The first-order chi connectivity index (χ1) is 7.87. The van der Waals surface area contributed by atoms with Crippen molar-refractivity contribution in [2.45, 2.75) is 39.2 Å². The molecule has 0 saturated heterocycles. The molecule has 0 amide bonds. The van der Waals surface area contributed by atoms with Gasteiger partial charge in [0.2, 0.25) is 0 Å². The number of rotatable bonds is 3. The summed E-state index contributed by atoms with van der Waals surface area (Å²) in [5.41, 5.74) is -0.843. The normalized spacial score (nSPS) is 33.9. The van der Waals surface area contributed by atoms with E-state index in [1.165, 1.54) is 14.2 Å². The van der Waals surface area contributed by atoms with Gasteiger partial charge in [-0.15, -0.1) is 0 Å². The molecule has 1 saturated carbocycles. The maximum atomic E-state index is 12.4. The summed E-state index contributed by atoms with van der Waals surface area (Å²) in [6.07, 6.45) is 1.48. The van der Waals surface area contributed by atoms with Gasteiger partial charge in [0.15, 0.2) is 5.78 Å². The molecular weight excluding hydrogens is 220 g/mol. The number of carbonyl (C=O) groups is 2.